The molecule has 3 rings (SSSR count). The van der Waals surface area contributed by atoms with Crippen molar-refractivity contribution in [3.8, 4) is 0 Å². The van der Waals surface area contributed by atoms with Gasteiger partial charge in [-0.1, -0.05) is 6.07 Å². The molecule has 0 atom stereocenters. The topological polar surface area (TPSA) is 75.9 Å². The minimum Gasteiger partial charge on any atom is -0.350 e. The number of halogens is 1. The summed E-state index contributed by atoms with van der Waals surface area (Å²) in [7, 11) is 3.54. The van der Waals surface area contributed by atoms with Crippen molar-refractivity contribution in [3.05, 3.63) is 42.6 Å². The minimum atomic E-state index is -0.399. The molecule has 0 unspecified atom stereocenters. The zero-order valence-electron chi connectivity index (χ0n) is 12.7. The number of carbonyl (C=O) groups excluding carboxylic acids is 1. The second-order valence-electron chi connectivity index (χ2n) is 5.12. The number of hydrogen-bond donors (Lipinski definition) is 1. The molecular weight excluding hydrogens is 299 g/mol. The van der Waals surface area contributed by atoms with E-state index in [1.807, 2.05) is 0 Å². The van der Waals surface area contributed by atoms with Crippen LogP contribution < -0.4 is 10.2 Å². The highest BCUT2D eigenvalue weighted by atomic mass is 19.1. The average molecular weight is 314 g/mol. The summed E-state index contributed by atoms with van der Waals surface area (Å²) in [5.41, 5.74) is 1.10. The number of nitrogens with one attached hydrogen (secondary N) is 1. The highest BCUT2D eigenvalue weighted by molar-refractivity contribution is 5.95. The van der Waals surface area contributed by atoms with Gasteiger partial charge in [-0.2, -0.15) is 5.10 Å². The number of aromatic nitrogens is 4. The lowest BCUT2D eigenvalue weighted by molar-refractivity contribution is -0.114. The van der Waals surface area contributed by atoms with Crippen LogP contribution in [0.5, 0.6) is 0 Å². The summed E-state index contributed by atoms with van der Waals surface area (Å²) >= 11 is 0. The highest BCUT2D eigenvalue weighted by Crippen LogP contribution is 2.20. The molecule has 1 N–H and O–H groups in total. The molecule has 1 amide bonds. The predicted octanol–water partition coefficient (Wildman–Crippen LogP) is 1.58. The van der Waals surface area contributed by atoms with Crippen LogP contribution in [0, 0.1) is 5.82 Å². The number of aryl methyl sites for hydroxylation is 1. The number of amides is 1. The number of carbonyl (C=O) groups is 1. The van der Waals surface area contributed by atoms with Crippen LogP contribution in [0.1, 0.15) is 0 Å². The SMILES string of the molecule is CN(CC(=O)Nc1cccc(F)c1)c1ncnc2c1cnn2C. The summed E-state index contributed by atoms with van der Waals surface area (Å²) in [5.74, 6) is -0.0599. The molecule has 0 aliphatic carbocycles. The van der Waals surface area contributed by atoms with Crippen molar-refractivity contribution in [2.24, 2.45) is 7.05 Å². The molecule has 23 heavy (non-hydrogen) atoms. The zero-order valence-corrected chi connectivity index (χ0v) is 12.7. The summed E-state index contributed by atoms with van der Waals surface area (Å²) in [5, 5.41) is 7.55. The van der Waals surface area contributed by atoms with Crippen LogP contribution in [0.2, 0.25) is 0 Å². The van der Waals surface area contributed by atoms with Gasteiger partial charge in [0.1, 0.15) is 18.0 Å². The maximum atomic E-state index is 13.1. The van der Waals surface area contributed by atoms with Crippen molar-refractivity contribution in [2.45, 2.75) is 0 Å². The first-order valence-corrected chi connectivity index (χ1v) is 6.94. The third-order valence-corrected chi connectivity index (χ3v) is 3.36. The molecular formula is C15H15FN6O. The van der Waals surface area contributed by atoms with E-state index in [1.54, 1.807) is 35.9 Å². The zero-order chi connectivity index (χ0) is 16.4. The van der Waals surface area contributed by atoms with Crippen LogP contribution in [-0.4, -0.2) is 39.2 Å². The number of fused-ring (bicyclic) bond motifs is 1. The highest BCUT2D eigenvalue weighted by Gasteiger charge is 2.14. The van der Waals surface area contributed by atoms with E-state index in [9.17, 15) is 9.18 Å². The summed E-state index contributed by atoms with van der Waals surface area (Å²) in [6, 6.07) is 5.76. The first-order chi connectivity index (χ1) is 11.0. The lowest BCUT2D eigenvalue weighted by atomic mass is 10.3. The third-order valence-electron chi connectivity index (χ3n) is 3.36. The Labute approximate surface area is 131 Å². The largest absolute Gasteiger partial charge is 0.350 e. The van der Waals surface area contributed by atoms with Crippen molar-refractivity contribution >= 4 is 28.4 Å². The van der Waals surface area contributed by atoms with Crippen molar-refractivity contribution in [3.63, 3.8) is 0 Å². The first kappa shape index (κ1) is 14.9. The van der Waals surface area contributed by atoms with E-state index >= 15 is 0 Å². The third kappa shape index (κ3) is 3.10. The Kier molecular flexibility index (Phi) is 3.88. The van der Waals surface area contributed by atoms with Gasteiger partial charge in [-0.05, 0) is 18.2 Å². The van der Waals surface area contributed by atoms with E-state index in [0.717, 1.165) is 5.39 Å². The van der Waals surface area contributed by atoms with E-state index in [1.165, 1.54) is 24.5 Å². The van der Waals surface area contributed by atoms with Crippen LogP contribution in [-0.2, 0) is 11.8 Å². The molecule has 2 heterocycles. The Morgan fingerprint density at radius 3 is 3.00 bits per heavy atom. The molecule has 1 aromatic carbocycles. The second kappa shape index (κ2) is 5.99. The van der Waals surface area contributed by atoms with Crippen molar-refractivity contribution < 1.29 is 9.18 Å². The average Bonchev–Trinajstić information content (AvgIpc) is 2.88. The molecule has 0 radical (unpaired) electrons. The molecule has 0 spiro atoms. The molecule has 0 bridgehead atoms. The lowest BCUT2D eigenvalue weighted by Gasteiger charge is -2.18. The van der Waals surface area contributed by atoms with Gasteiger partial charge in [0, 0.05) is 19.8 Å². The molecule has 3 aromatic rings. The fourth-order valence-corrected chi connectivity index (χ4v) is 2.31. The molecule has 0 aliphatic rings. The number of hydrogen-bond acceptors (Lipinski definition) is 5. The molecule has 8 heteroatoms. The number of likely N-dealkylation sites (N-methyl/N-ethyl adjacent to an activating group) is 1. The van der Waals surface area contributed by atoms with Crippen molar-refractivity contribution in [2.75, 3.05) is 23.8 Å². The first-order valence-electron chi connectivity index (χ1n) is 6.94. The van der Waals surface area contributed by atoms with Gasteiger partial charge in [-0.25, -0.2) is 14.4 Å². The fourth-order valence-electron chi connectivity index (χ4n) is 2.31. The van der Waals surface area contributed by atoms with Gasteiger partial charge in [0.15, 0.2) is 5.65 Å². The Morgan fingerprint density at radius 1 is 1.39 bits per heavy atom. The summed E-state index contributed by atoms with van der Waals surface area (Å²) in [4.78, 5) is 22.2. The Hall–Kier alpha value is -3.03. The van der Waals surface area contributed by atoms with Crippen LogP contribution in [0.15, 0.2) is 36.8 Å². The van der Waals surface area contributed by atoms with Crippen LogP contribution in [0.25, 0.3) is 11.0 Å². The second-order valence-corrected chi connectivity index (χ2v) is 5.12. The Morgan fingerprint density at radius 2 is 2.22 bits per heavy atom. The number of benzene rings is 1. The van der Waals surface area contributed by atoms with Gasteiger partial charge < -0.3 is 10.2 Å². The minimum absolute atomic E-state index is 0.0670. The molecule has 0 aliphatic heterocycles. The van der Waals surface area contributed by atoms with Crippen LogP contribution in [0.3, 0.4) is 0 Å². The molecule has 0 saturated carbocycles. The molecule has 0 fully saturated rings. The van der Waals surface area contributed by atoms with Crippen molar-refractivity contribution in [1.82, 2.24) is 19.7 Å². The summed E-state index contributed by atoms with van der Waals surface area (Å²) < 4.78 is 14.8. The molecule has 7 nitrogen and oxygen atoms in total. The number of nitrogens with zero attached hydrogens (tertiary/aromatic N) is 5. The van der Waals surface area contributed by atoms with Gasteiger partial charge in [-0.3, -0.25) is 9.48 Å². The quantitative estimate of drug-likeness (QED) is 0.791. The van der Waals surface area contributed by atoms with Crippen LogP contribution >= 0.6 is 0 Å². The summed E-state index contributed by atoms with van der Waals surface area (Å²) in [6.45, 7) is 0.0670. The Balaban J connectivity index is 1.75. The van der Waals surface area contributed by atoms with Crippen molar-refractivity contribution in [1.29, 1.82) is 0 Å². The predicted molar refractivity (Wildman–Crippen MR) is 84.6 cm³/mol. The van der Waals surface area contributed by atoms with E-state index in [-0.39, 0.29) is 12.5 Å². The smallest absolute Gasteiger partial charge is 0.243 e. The van der Waals surface area contributed by atoms with Gasteiger partial charge in [0.25, 0.3) is 0 Å². The van der Waals surface area contributed by atoms with E-state index in [2.05, 4.69) is 20.4 Å². The lowest BCUT2D eigenvalue weighted by Crippen LogP contribution is -2.30. The standard InChI is InChI=1S/C15H15FN6O/c1-21(8-13(23)20-11-5-3-4-10(16)6-11)14-12-7-19-22(2)15(12)18-9-17-14/h3-7,9H,8H2,1-2H3,(H,20,23). The van der Waals surface area contributed by atoms with E-state index in [4.69, 9.17) is 0 Å². The number of anilines is 2. The van der Waals surface area contributed by atoms with Gasteiger partial charge in [0.2, 0.25) is 5.91 Å². The monoisotopic (exact) mass is 314 g/mol. The number of rotatable bonds is 4. The van der Waals surface area contributed by atoms with Gasteiger partial charge in [-0.15, -0.1) is 0 Å². The fraction of sp³-hybridized carbons (Fsp3) is 0.200. The maximum Gasteiger partial charge on any atom is 0.243 e. The molecule has 118 valence electrons. The van der Waals surface area contributed by atoms with Gasteiger partial charge >= 0.3 is 0 Å². The Bertz CT molecular complexity index is 862. The van der Waals surface area contributed by atoms with Gasteiger partial charge in [0.05, 0.1) is 18.1 Å². The van der Waals surface area contributed by atoms with Crippen LogP contribution in [0.4, 0.5) is 15.9 Å². The summed E-state index contributed by atoms with van der Waals surface area (Å²) in [6.07, 6.45) is 3.09. The molecule has 2 aromatic heterocycles. The normalized spacial score (nSPS) is 10.7. The maximum absolute atomic E-state index is 13.1. The van der Waals surface area contributed by atoms with E-state index < -0.39 is 5.82 Å². The molecule has 0 saturated heterocycles. The van der Waals surface area contributed by atoms with E-state index in [0.29, 0.717) is 17.2 Å².